The van der Waals surface area contributed by atoms with E-state index < -0.39 is 16.3 Å². The van der Waals surface area contributed by atoms with Crippen molar-refractivity contribution in [3.8, 4) is 0 Å². The van der Waals surface area contributed by atoms with Crippen LogP contribution in [0.5, 0.6) is 0 Å². The molecule has 2 aromatic heterocycles. The van der Waals surface area contributed by atoms with Crippen LogP contribution in [-0.2, 0) is 14.9 Å². The molecule has 2 aromatic rings. The number of nitrogens with one attached hydrogen (secondary N) is 2. The van der Waals surface area contributed by atoms with E-state index in [-0.39, 0.29) is 19.0 Å². The SMILES string of the molecule is O=C1OCCN1S(=O)(=O)Nc1ccc2cc[nH]c2n1. The molecule has 0 bridgehead atoms. The molecule has 100 valence electrons. The van der Waals surface area contributed by atoms with Gasteiger partial charge in [-0.15, -0.1) is 0 Å². The Bertz CT molecular complexity index is 739. The smallest absolute Gasteiger partial charge is 0.425 e. The predicted molar refractivity (Wildman–Crippen MR) is 66.7 cm³/mol. The number of hydrogen-bond acceptors (Lipinski definition) is 5. The monoisotopic (exact) mass is 282 g/mol. The highest BCUT2D eigenvalue weighted by Gasteiger charge is 2.33. The van der Waals surface area contributed by atoms with Gasteiger partial charge in [-0.2, -0.15) is 12.7 Å². The van der Waals surface area contributed by atoms with Crippen molar-refractivity contribution >= 4 is 33.2 Å². The van der Waals surface area contributed by atoms with E-state index in [2.05, 4.69) is 19.4 Å². The first-order chi connectivity index (χ1) is 9.06. The Morgan fingerprint density at radius 2 is 2.21 bits per heavy atom. The van der Waals surface area contributed by atoms with Crippen molar-refractivity contribution < 1.29 is 17.9 Å². The molecule has 0 aliphatic carbocycles. The number of ether oxygens (including phenoxy) is 1. The number of hydrogen-bond donors (Lipinski definition) is 2. The van der Waals surface area contributed by atoms with Gasteiger partial charge >= 0.3 is 16.3 Å². The first-order valence-electron chi connectivity index (χ1n) is 5.48. The molecule has 1 amide bonds. The van der Waals surface area contributed by atoms with Gasteiger partial charge in [0.15, 0.2) is 0 Å². The summed E-state index contributed by atoms with van der Waals surface area (Å²) >= 11 is 0. The zero-order valence-corrected chi connectivity index (χ0v) is 10.5. The molecular formula is C10H10N4O4S. The number of amides is 1. The van der Waals surface area contributed by atoms with Crippen LogP contribution in [0.25, 0.3) is 11.0 Å². The molecule has 2 N–H and O–H groups in total. The van der Waals surface area contributed by atoms with E-state index >= 15 is 0 Å². The molecule has 3 heterocycles. The maximum Gasteiger partial charge on any atom is 0.425 e. The Morgan fingerprint density at radius 3 is 2.95 bits per heavy atom. The molecule has 0 radical (unpaired) electrons. The van der Waals surface area contributed by atoms with Crippen molar-refractivity contribution in [3.63, 3.8) is 0 Å². The Morgan fingerprint density at radius 1 is 1.37 bits per heavy atom. The zero-order chi connectivity index (χ0) is 13.5. The number of carbonyl (C=O) groups is 1. The molecular weight excluding hydrogens is 272 g/mol. The number of carbonyl (C=O) groups excluding carboxylic acids is 1. The van der Waals surface area contributed by atoms with Gasteiger partial charge in [0.2, 0.25) is 0 Å². The second-order valence-electron chi connectivity index (χ2n) is 3.91. The molecule has 1 aliphatic rings. The molecule has 0 aromatic carbocycles. The number of H-pyrrole nitrogens is 1. The topological polar surface area (TPSA) is 104 Å². The van der Waals surface area contributed by atoms with Gasteiger partial charge in [-0.3, -0.25) is 0 Å². The van der Waals surface area contributed by atoms with E-state index in [1.807, 2.05) is 6.07 Å². The summed E-state index contributed by atoms with van der Waals surface area (Å²) in [6.45, 7) is 0.0573. The van der Waals surface area contributed by atoms with E-state index in [1.165, 1.54) is 6.07 Å². The maximum absolute atomic E-state index is 12.0. The summed E-state index contributed by atoms with van der Waals surface area (Å²) in [5.41, 5.74) is 0.559. The number of fused-ring (bicyclic) bond motifs is 1. The largest absolute Gasteiger partial charge is 0.447 e. The Hall–Kier alpha value is -2.29. The third-order valence-corrected chi connectivity index (χ3v) is 4.04. The van der Waals surface area contributed by atoms with Crippen LogP contribution in [0.3, 0.4) is 0 Å². The number of anilines is 1. The first kappa shape index (κ1) is 11.8. The first-order valence-corrected chi connectivity index (χ1v) is 6.92. The predicted octanol–water partition coefficient (Wildman–Crippen LogP) is 0.672. The van der Waals surface area contributed by atoms with Gasteiger partial charge in [0, 0.05) is 11.6 Å². The summed E-state index contributed by atoms with van der Waals surface area (Å²) in [5.74, 6) is 0.134. The second kappa shape index (κ2) is 4.12. The number of cyclic esters (lactones) is 1. The van der Waals surface area contributed by atoms with Crippen LogP contribution >= 0.6 is 0 Å². The highest BCUT2D eigenvalue weighted by Crippen LogP contribution is 2.17. The van der Waals surface area contributed by atoms with Crippen LogP contribution in [0.4, 0.5) is 10.6 Å². The molecule has 0 unspecified atom stereocenters. The number of rotatable bonds is 3. The number of pyridine rings is 1. The van der Waals surface area contributed by atoms with Gasteiger partial charge in [0.1, 0.15) is 18.1 Å². The Kier molecular flexibility index (Phi) is 2.56. The quantitative estimate of drug-likeness (QED) is 0.861. The summed E-state index contributed by atoms with van der Waals surface area (Å²) in [4.78, 5) is 18.2. The molecule has 0 saturated carbocycles. The van der Waals surface area contributed by atoms with E-state index in [4.69, 9.17) is 0 Å². The molecule has 0 spiro atoms. The average molecular weight is 282 g/mol. The number of aromatic amines is 1. The lowest BCUT2D eigenvalue weighted by Crippen LogP contribution is -2.36. The number of aromatic nitrogens is 2. The van der Waals surface area contributed by atoms with Crippen molar-refractivity contribution in [1.29, 1.82) is 0 Å². The highest BCUT2D eigenvalue weighted by molar-refractivity contribution is 7.90. The average Bonchev–Trinajstić information content (AvgIpc) is 2.96. The Labute approximate surface area is 108 Å². The van der Waals surface area contributed by atoms with Crippen LogP contribution in [-0.4, -0.2) is 41.9 Å². The minimum Gasteiger partial charge on any atom is -0.447 e. The standard InChI is InChI=1S/C10H10N4O4S/c15-10-14(5-6-18-10)19(16,17)13-8-2-1-7-3-4-11-9(7)12-8/h1-4H,5-6H2,(H2,11,12,13). The molecule has 9 heteroatoms. The fraction of sp³-hybridized carbons (Fsp3) is 0.200. The van der Waals surface area contributed by atoms with Gasteiger partial charge in [-0.1, -0.05) is 0 Å². The zero-order valence-electron chi connectivity index (χ0n) is 9.66. The minimum atomic E-state index is -3.98. The lowest BCUT2D eigenvalue weighted by Gasteiger charge is -2.14. The molecule has 1 saturated heterocycles. The Balaban J connectivity index is 1.89. The molecule has 0 atom stereocenters. The van der Waals surface area contributed by atoms with E-state index in [0.717, 1.165) is 5.39 Å². The highest BCUT2D eigenvalue weighted by atomic mass is 32.2. The number of nitrogens with zero attached hydrogens (tertiary/aromatic N) is 2. The molecule has 19 heavy (non-hydrogen) atoms. The van der Waals surface area contributed by atoms with E-state index in [1.54, 1.807) is 12.3 Å². The normalized spacial score (nSPS) is 15.8. The van der Waals surface area contributed by atoms with Crippen molar-refractivity contribution in [3.05, 3.63) is 24.4 Å². The van der Waals surface area contributed by atoms with Gasteiger partial charge in [-0.25, -0.2) is 14.5 Å². The molecule has 1 fully saturated rings. The summed E-state index contributed by atoms with van der Waals surface area (Å²) in [6, 6.07) is 5.06. The van der Waals surface area contributed by atoms with Crippen molar-refractivity contribution in [1.82, 2.24) is 14.3 Å². The summed E-state index contributed by atoms with van der Waals surface area (Å²) in [7, 11) is -3.98. The lowest BCUT2D eigenvalue weighted by molar-refractivity contribution is 0.170. The van der Waals surface area contributed by atoms with Gasteiger partial charge in [-0.05, 0) is 18.2 Å². The van der Waals surface area contributed by atoms with Crippen LogP contribution in [0, 0.1) is 0 Å². The minimum absolute atomic E-state index is 0.00108. The van der Waals surface area contributed by atoms with Gasteiger partial charge in [0.05, 0.1) is 6.54 Å². The third-order valence-electron chi connectivity index (χ3n) is 2.66. The molecule has 3 rings (SSSR count). The van der Waals surface area contributed by atoms with Crippen molar-refractivity contribution in [2.75, 3.05) is 17.9 Å². The molecule has 1 aliphatic heterocycles. The van der Waals surface area contributed by atoms with Crippen LogP contribution < -0.4 is 4.72 Å². The van der Waals surface area contributed by atoms with E-state index in [9.17, 15) is 13.2 Å². The lowest BCUT2D eigenvalue weighted by atomic mass is 10.3. The van der Waals surface area contributed by atoms with Crippen LogP contribution in [0.15, 0.2) is 24.4 Å². The maximum atomic E-state index is 12.0. The fourth-order valence-electron chi connectivity index (χ4n) is 1.77. The summed E-state index contributed by atoms with van der Waals surface area (Å²) in [5, 5.41) is 0.864. The summed E-state index contributed by atoms with van der Waals surface area (Å²) in [6.07, 6.45) is 0.821. The molecule has 8 nitrogen and oxygen atoms in total. The van der Waals surface area contributed by atoms with E-state index in [0.29, 0.717) is 9.95 Å². The van der Waals surface area contributed by atoms with Crippen LogP contribution in [0.1, 0.15) is 0 Å². The van der Waals surface area contributed by atoms with Crippen LogP contribution in [0.2, 0.25) is 0 Å². The second-order valence-corrected chi connectivity index (χ2v) is 5.50. The third kappa shape index (κ3) is 2.08. The van der Waals surface area contributed by atoms with Gasteiger partial charge < -0.3 is 9.72 Å². The van der Waals surface area contributed by atoms with Crippen molar-refractivity contribution in [2.24, 2.45) is 0 Å². The fourth-order valence-corrected chi connectivity index (χ4v) is 2.82. The van der Waals surface area contributed by atoms with Gasteiger partial charge in [0.25, 0.3) is 0 Å². The van der Waals surface area contributed by atoms with Crippen molar-refractivity contribution in [2.45, 2.75) is 0 Å². The summed E-state index contributed by atoms with van der Waals surface area (Å²) < 4.78 is 31.4.